The minimum absolute atomic E-state index is 0.0524. The molecule has 3 heterocycles. The molecule has 1 saturated heterocycles. The highest BCUT2D eigenvalue weighted by Crippen LogP contribution is 2.37. The van der Waals surface area contributed by atoms with Crippen LogP contribution in [-0.2, 0) is 4.74 Å². The smallest absolute Gasteiger partial charge is 0.241 e. The van der Waals surface area contributed by atoms with Crippen LogP contribution in [0.1, 0.15) is 18.5 Å². The van der Waals surface area contributed by atoms with Gasteiger partial charge >= 0.3 is 0 Å². The third-order valence-electron chi connectivity index (χ3n) is 5.84. The largest absolute Gasteiger partial charge is 0.488 e. The van der Waals surface area contributed by atoms with Crippen molar-refractivity contribution >= 4 is 22.3 Å². The second kappa shape index (κ2) is 10.1. The first-order valence-corrected chi connectivity index (χ1v) is 11.3. The van der Waals surface area contributed by atoms with E-state index in [1.807, 2.05) is 19.1 Å². The lowest BCUT2D eigenvalue weighted by atomic mass is 10.0. The summed E-state index contributed by atoms with van der Waals surface area (Å²) in [4.78, 5) is 13.2. The number of fused-ring (bicyclic) bond motifs is 1. The fourth-order valence-corrected chi connectivity index (χ4v) is 3.96. The highest BCUT2D eigenvalue weighted by atomic mass is 19.1. The van der Waals surface area contributed by atoms with Crippen molar-refractivity contribution in [2.45, 2.75) is 25.9 Å². The number of hydrogen-bond acceptors (Lipinski definition) is 8. The molecule has 0 atom stereocenters. The Morgan fingerprint density at radius 3 is 2.57 bits per heavy atom. The Bertz CT molecular complexity index is 1390. The van der Waals surface area contributed by atoms with Gasteiger partial charge in [-0.25, -0.2) is 19.3 Å². The van der Waals surface area contributed by atoms with Gasteiger partial charge in [0.2, 0.25) is 5.88 Å². The van der Waals surface area contributed by atoms with E-state index in [1.165, 1.54) is 13.2 Å². The van der Waals surface area contributed by atoms with Gasteiger partial charge in [0, 0.05) is 35.7 Å². The van der Waals surface area contributed by atoms with Crippen molar-refractivity contribution in [1.29, 1.82) is 0 Å². The lowest BCUT2D eigenvalue weighted by Gasteiger charge is -2.24. The van der Waals surface area contributed by atoms with E-state index >= 15 is 0 Å². The summed E-state index contributed by atoms with van der Waals surface area (Å²) >= 11 is 0. The van der Waals surface area contributed by atoms with Crippen LogP contribution in [0.2, 0.25) is 0 Å². The first-order chi connectivity index (χ1) is 17.1. The Morgan fingerprint density at radius 1 is 0.971 bits per heavy atom. The molecule has 0 spiro atoms. The Morgan fingerprint density at radius 2 is 1.77 bits per heavy atom. The van der Waals surface area contributed by atoms with Crippen LogP contribution >= 0.6 is 0 Å². The summed E-state index contributed by atoms with van der Waals surface area (Å²) in [5.41, 5.74) is 3.74. The fourth-order valence-electron chi connectivity index (χ4n) is 3.96. The molecule has 1 aliphatic rings. The molecule has 0 saturated carbocycles. The third kappa shape index (κ3) is 4.95. The van der Waals surface area contributed by atoms with Crippen molar-refractivity contribution in [3.63, 3.8) is 0 Å². The molecular weight excluding hydrogens is 449 g/mol. The number of benzene rings is 2. The number of hydrogen-bond donors (Lipinski definition) is 0. The normalized spacial score (nSPS) is 14.5. The highest BCUT2D eigenvalue weighted by molar-refractivity contribution is 5.91. The van der Waals surface area contributed by atoms with E-state index in [0.717, 1.165) is 40.6 Å². The summed E-state index contributed by atoms with van der Waals surface area (Å²) in [7, 11) is 1.50. The Hall–Kier alpha value is -3.98. The van der Waals surface area contributed by atoms with Gasteiger partial charge in [-0.2, -0.15) is 0 Å². The number of ether oxygens (including phenoxy) is 3. The number of pyridine rings is 1. The van der Waals surface area contributed by atoms with E-state index in [9.17, 15) is 4.39 Å². The zero-order chi connectivity index (χ0) is 24.2. The zero-order valence-electron chi connectivity index (χ0n) is 19.4. The summed E-state index contributed by atoms with van der Waals surface area (Å²) in [5, 5.41) is 9.16. The van der Waals surface area contributed by atoms with Gasteiger partial charge in [0.25, 0.3) is 0 Å². The van der Waals surface area contributed by atoms with Crippen LogP contribution < -0.4 is 9.47 Å². The average Bonchev–Trinajstić information content (AvgIpc) is 2.89. The molecule has 2 aromatic carbocycles. The van der Waals surface area contributed by atoms with Crippen LogP contribution in [0.3, 0.4) is 0 Å². The van der Waals surface area contributed by atoms with Crippen molar-refractivity contribution in [3.8, 4) is 22.8 Å². The van der Waals surface area contributed by atoms with E-state index < -0.39 is 5.82 Å². The predicted molar refractivity (Wildman–Crippen MR) is 129 cm³/mol. The van der Waals surface area contributed by atoms with E-state index in [4.69, 9.17) is 14.2 Å². The second-order valence-corrected chi connectivity index (χ2v) is 8.16. The van der Waals surface area contributed by atoms with Gasteiger partial charge in [-0.15, -0.1) is 10.2 Å². The van der Waals surface area contributed by atoms with Crippen LogP contribution in [0.25, 0.3) is 22.0 Å². The summed E-state index contributed by atoms with van der Waals surface area (Å²) in [6.45, 7) is 3.29. The molecular formula is C26H24FN5O3. The van der Waals surface area contributed by atoms with Gasteiger partial charge in [-0.3, -0.25) is 0 Å². The number of halogens is 1. The number of rotatable bonds is 6. The standard InChI is InChI=1S/C26H24FN5O3/c1-16-20-11-17(13-24(25(20)30-15-29-16)35-19-7-9-34-10-8-19)18-12-23(26(33-2)28-14-18)32-31-22-6-4-3-5-21(22)27/h3-6,11-15,19H,7-10H2,1-2H3. The number of nitrogens with zero attached hydrogens (tertiary/aromatic N) is 5. The molecule has 5 rings (SSSR count). The first kappa shape index (κ1) is 22.8. The SMILES string of the molecule is COc1ncc(-c2cc(OC3CCOCC3)c3ncnc(C)c3c2)cc1N=Nc1ccccc1F. The van der Waals surface area contributed by atoms with Crippen molar-refractivity contribution in [2.24, 2.45) is 10.2 Å². The molecule has 9 heteroatoms. The molecule has 4 aromatic rings. The predicted octanol–water partition coefficient (Wildman–Crippen LogP) is 6.12. The average molecular weight is 474 g/mol. The zero-order valence-corrected chi connectivity index (χ0v) is 19.4. The first-order valence-electron chi connectivity index (χ1n) is 11.3. The van der Waals surface area contributed by atoms with Crippen molar-refractivity contribution in [2.75, 3.05) is 20.3 Å². The van der Waals surface area contributed by atoms with Crippen molar-refractivity contribution in [1.82, 2.24) is 15.0 Å². The quantitative estimate of drug-likeness (QED) is 0.313. The van der Waals surface area contributed by atoms with Crippen LogP contribution in [0.15, 0.2) is 65.2 Å². The molecule has 35 heavy (non-hydrogen) atoms. The monoisotopic (exact) mass is 473 g/mol. The maximum Gasteiger partial charge on any atom is 0.241 e. The molecule has 0 aliphatic carbocycles. The Balaban J connectivity index is 1.57. The maximum absolute atomic E-state index is 14.0. The topological polar surface area (TPSA) is 91.1 Å². The van der Waals surface area contributed by atoms with E-state index in [-0.39, 0.29) is 17.7 Å². The van der Waals surface area contributed by atoms with E-state index in [2.05, 4.69) is 25.2 Å². The van der Waals surface area contributed by atoms with Gasteiger partial charge in [-0.05, 0) is 42.8 Å². The van der Waals surface area contributed by atoms with Gasteiger partial charge in [-0.1, -0.05) is 12.1 Å². The highest BCUT2D eigenvalue weighted by Gasteiger charge is 2.19. The molecule has 1 fully saturated rings. The molecule has 1 aliphatic heterocycles. The molecule has 8 nitrogen and oxygen atoms in total. The van der Waals surface area contributed by atoms with Crippen LogP contribution in [-0.4, -0.2) is 41.4 Å². The fraction of sp³-hybridized carbons (Fsp3) is 0.269. The van der Waals surface area contributed by atoms with Gasteiger partial charge < -0.3 is 14.2 Å². The minimum atomic E-state index is -0.459. The van der Waals surface area contributed by atoms with Crippen LogP contribution in [0.5, 0.6) is 11.6 Å². The summed E-state index contributed by atoms with van der Waals surface area (Å²) in [6.07, 6.45) is 4.93. The summed E-state index contributed by atoms with van der Waals surface area (Å²) < 4.78 is 31.2. The molecule has 0 amide bonds. The lowest BCUT2D eigenvalue weighted by Crippen LogP contribution is -2.26. The molecule has 0 N–H and O–H groups in total. The number of aromatic nitrogens is 3. The van der Waals surface area contributed by atoms with Crippen LogP contribution in [0, 0.1) is 12.7 Å². The molecule has 0 radical (unpaired) electrons. The van der Waals surface area contributed by atoms with Crippen molar-refractivity contribution < 1.29 is 18.6 Å². The lowest BCUT2D eigenvalue weighted by molar-refractivity contribution is 0.0261. The van der Waals surface area contributed by atoms with E-state index in [1.54, 1.807) is 36.8 Å². The Kier molecular flexibility index (Phi) is 6.58. The summed E-state index contributed by atoms with van der Waals surface area (Å²) in [5.74, 6) is 0.507. The Labute approximate surface area is 201 Å². The second-order valence-electron chi connectivity index (χ2n) is 8.16. The minimum Gasteiger partial charge on any atom is -0.488 e. The van der Waals surface area contributed by atoms with E-state index in [0.29, 0.717) is 24.7 Å². The summed E-state index contributed by atoms with van der Waals surface area (Å²) in [6, 6.07) is 11.9. The molecule has 178 valence electrons. The molecule has 0 bridgehead atoms. The third-order valence-corrected chi connectivity index (χ3v) is 5.84. The number of azo groups is 1. The van der Waals surface area contributed by atoms with Crippen molar-refractivity contribution in [3.05, 3.63) is 66.5 Å². The number of methoxy groups -OCH3 is 1. The van der Waals surface area contributed by atoms with Crippen LogP contribution in [0.4, 0.5) is 15.8 Å². The molecule has 2 aromatic heterocycles. The number of aryl methyl sites for hydroxylation is 1. The maximum atomic E-state index is 14.0. The molecule has 0 unspecified atom stereocenters. The van der Waals surface area contributed by atoms with Gasteiger partial charge in [0.05, 0.1) is 20.3 Å². The van der Waals surface area contributed by atoms with Gasteiger partial charge in [0.15, 0.2) is 5.82 Å². The van der Waals surface area contributed by atoms with Gasteiger partial charge in [0.1, 0.15) is 35.1 Å².